The molecule has 0 saturated carbocycles. The number of benzene rings is 1. The number of carbonyl (C=O) groups excluding carboxylic acids is 1. The van der Waals surface area contributed by atoms with Crippen LogP contribution in [-0.4, -0.2) is 54.9 Å². The zero-order valence-electron chi connectivity index (χ0n) is 14.6. The minimum absolute atomic E-state index is 0.00526. The van der Waals surface area contributed by atoms with E-state index in [0.717, 1.165) is 21.0 Å². The molecule has 3 heterocycles. The van der Waals surface area contributed by atoms with Crippen LogP contribution in [0.4, 0.5) is 11.6 Å². The van der Waals surface area contributed by atoms with Gasteiger partial charge in [-0.05, 0) is 35.1 Å². The quantitative estimate of drug-likeness (QED) is 0.708. The molecule has 0 spiro atoms. The van der Waals surface area contributed by atoms with E-state index < -0.39 is 0 Å². The van der Waals surface area contributed by atoms with E-state index >= 15 is 0 Å². The van der Waals surface area contributed by atoms with Gasteiger partial charge in [-0.15, -0.1) is 0 Å². The Morgan fingerprint density at radius 1 is 1.19 bits per heavy atom. The predicted octanol–water partition coefficient (Wildman–Crippen LogP) is 2.21. The third-order valence-corrected chi connectivity index (χ3v) is 5.14. The molecule has 1 aliphatic heterocycles. The molecule has 6 nitrogen and oxygen atoms in total. The lowest BCUT2D eigenvalue weighted by atomic mass is 10.1. The van der Waals surface area contributed by atoms with E-state index in [9.17, 15) is 4.79 Å². The zero-order chi connectivity index (χ0) is 18.6. The molecule has 27 heavy (non-hydrogen) atoms. The zero-order valence-corrected chi connectivity index (χ0v) is 15.4. The molecule has 3 aromatic rings. The van der Waals surface area contributed by atoms with Crippen LogP contribution in [0.2, 0.25) is 0 Å². The van der Waals surface area contributed by atoms with Gasteiger partial charge in [0, 0.05) is 30.5 Å². The lowest BCUT2D eigenvalue weighted by molar-refractivity contribution is 0.0303. The van der Waals surface area contributed by atoms with Gasteiger partial charge in [-0.25, -0.2) is 9.97 Å². The van der Waals surface area contributed by atoms with Gasteiger partial charge >= 0.3 is 0 Å². The highest BCUT2D eigenvalue weighted by Crippen LogP contribution is 2.23. The van der Waals surface area contributed by atoms with E-state index in [0.29, 0.717) is 37.8 Å². The van der Waals surface area contributed by atoms with Crippen LogP contribution >= 0.6 is 11.3 Å². The Balaban J connectivity index is 1.52. The van der Waals surface area contributed by atoms with Crippen molar-refractivity contribution in [2.45, 2.75) is 0 Å². The Morgan fingerprint density at radius 3 is 2.81 bits per heavy atom. The number of ether oxygens (including phenoxy) is 1. The molecule has 1 fully saturated rings. The summed E-state index contributed by atoms with van der Waals surface area (Å²) in [4.78, 5) is 24.2. The van der Waals surface area contributed by atoms with Crippen LogP contribution in [0.3, 0.4) is 0 Å². The van der Waals surface area contributed by atoms with E-state index in [1.807, 2.05) is 42.5 Å². The van der Waals surface area contributed by atoms with E-state index in [4.69, 9.17) is 12.6 Å². The molecule has 134 valence electrons. The fourth-order valence-corrected chi connectivity index (χ4v) is 3.60. The standard InChI is InChI=1S/C19H17BN4O2S/c20-17-5-4-16(27-17)15-6-7-21-19(23-15)22-14-3-1-2-13(12-14)18(25)24-8-10-26-11-9-24/h1-7,12H,8-11H2,(H,21,22,23). The van der Waals surface area contributed by atoms with Crippen molar-refractivity contribution in [1.29, 1.82) is 0 Å². The highest BCUT2D eigenvalue weighted by Gasteiger charge is 2.18. The van der Waals surface area contributed by atoms with Crippen LogP contribution in [0.5, 0.6) is 0 Å². The number of amides is 1. The largest absolute Gasteiger partial charge is 0.378 e. The van der Waals surface area contributed by atoms with Crippen molar-refractivity contribution in [3.05, 3.63) is 54.2 Å². The molecule has 1 saturated heterocycles. The minimum atomic E-state index is 0.00526. The molecular weight excluding hydrogens is 359 g/mol. The van der Waals surface area contributed by atoms with Crippen molar-refractivity contribution < 1.29 is 9.53 Å². The van der Waals surface area contributed by atoms with Gasteiger partial charge in [0.25, 0.3) is 5.91 Å². The Bertz CT molecular complexity index is 956. The number of thiophene rings is 1. The summed E-state index contributed by atoms with van der Waals surface area (Å²) in [6.45, 7) is 2.40. The van der Waals surface area contributed by atoms with Crippen LogP contribution in [-0.2, 0) is 4.74 Å². The van der Waals surface area contributed by atoms with Gasteiger partial charge in [0.15, 0.2) is 0 Å². The fourth-order valence-electron chi connectivity index (χ4n) is 2.85. The molecule has 0 atom stereocenters. The van der Waals surface area contributed by atoms with Gasteiger partial charge in [0.2, 0.25) is 5.95 Å². The molecule has 8 heteroatoms. The lowest BCUT2D eigenvalue weighted by Gasteiger charge is -2.27. The molecular formula is C19H17BN4O2S. The second kappa shape index (κ2) is 7.90. The number of aromatic nitrogens is 2. The predicted molar refractivity (Wildman–Crippen MR) is 107 cm³/mol. The number of carbonyl (C=O) groups is 1. The van der Waals surface area contributed by atoms with Crippen molar-refractivity contribution >= 4 is 41.5 Å². The summed E-state index contributed by atoms with van der Waals surface area (Å²) >= 11 is 1.48. The summed E-state index contributed by atoms with van der Waals surface area (Å²) in [7, 11) is 5.80. The van der Waals surface area contributed by atoms with Crippen LogP contribution in [0.1, 0.15) is 10.4 Å². The van der Waals surface area contributed by atoms with Crippen LogP contribution in [0.25, 0.3) is 10.6 Å². The Labute approximate surface area is 162 Å². The first kappa shape index (κ1) is 17.7. The summed E-state index contributed by atoms with van der Waals surface area (Å²) in [6, 6.07) is 13.0. The van der Waals surface area contributed by atoms with Crippen molar-refractivity contribution in [2.24, 2.45) is 0 Å². The third kappa shape index (κ3) is 4.18. The minimum Gasteiger partial charge on any atom is -0.378 e. The van der Waals surface area contributed by atoms with E-state index in [2.05, 4.69) is 15.3 Å². The molecule has 2 radical (unpaired) electrons. The van der Waals surface area contributed by atoms with Crippen molar-refractivity contribution in [2.75, 3.05) is 31.6 Å². The summed E-state index contributed by atoms with van der Waals surface area (Å²) in [6.07, 6.45) is 1.70. The average molecular weight is 376 g/mol. The van der Waals surface area contributed by atoms with Gasteiger partial charge in [0.1, 0.15) is 7.85 Å². The topological polar surface area (TPSA) is 67.4 Å². The number of morpholine rings is 1. The second-order valence-corrected chi connectivity index (χ2v) is 7.19. The van der Waals surface area contributed by atoms with Gasteiger partial charge < -0.3 is 15.0 Å². The van der Waals surface area contributed by atoms with Crippen molar-refractivity contribution in [3.63, 3.8) is 0 Å². The third-order valence-electron chi connectivity index (χ3n) is 4.20. The Kier molecular flexibility index (Phi) is 5.17. The SMILES string of the molecule is [B]c1ccc(-c2ccnc(Nc3cccc(C(=O)N4CCOCC4)c3)n2)s1. The van der Waals surface area contributed by atoms with Crippen LogP contribution < -0.4 is 10.1 Å². The summed E-state index contributed by atoms with van der Waals surface area (Å²) in [5.74, 6) is 0.473. The first-order valence-corrected chi connectivity index (χ1v) is 9.43. The highest BCUT2D eigenvalue weighted by molar-refractivity contribution is 7.23. The van der Waals surface area contributed by atoms with Gasteiger partial charge in [-0.3, -0.25) is 4.79 Å². The molecule has 1 aliphatic rings. The first-order valence-electron chi connectivity index (χ1n) is 8.62. The average Bonchev–Trinajstić information content (AvgIpc) is 3.15. The monoisotopic (exact) mass is 376 g/mol. The number of hydrogen-bond donors (Lipinski definition) is 1. The van der Waals surface area contributed by atoms with Crippen molar-refractivity contribution in [3.8, 4) is 10.6 Å². The smallest absolute Gasteiger partial charge is 0.254 e. The maximum absolute atomic E-state index is 12.6. The van der Waals surface area contributed by atoms with Crippen LogP contribution in [0, 0.1) is 0 Å². The van der Waals surface area contributed by atoms with Crippen molar-refractivity contribution in [1.82, 2.24) is 14.9 Å². The summed E-state index contributed by atoms with van der Waals surface area (Å²) < 4.78 is 6.05. The van der Waals surface area contributed by atoms with Gasteiger partial charge in [-0.2, -0.15) is 11.3 Å². The number of rotatable bonds is 4. The van der Waals surface area contributed by atoms with E-state index in [1.165, 1.54) is 11.3 Å². The molecule has 1 amide bonds. The molecule has 1 aromatic carbocycles. The molecule has 4 rings (SSSR count). The normalized spacial score (nSPS) is 14.1. The second-order valence-electron chi connectivity index (χ2n) is 6.08. The Morgan fingerprint density at radius 2 is 2.04 bits per heavy atom. The van der Waals surface area contributed by atoms with E-state index in [1.54, 1.807) is 11.1 Å². The molecule has 1 N–H and O–H groups in total. The number of hydrogen-bond acceptors (Lipinski definition) is 6. The summed E-state index contributed by atoms with van der Waals surface area (Å²) in [5, 5.41) is 3.17. The van der Waals surface area contributed by atoms with Gasteiger partial charge in [0.05, 0.1) is 23.8 Å². The maximum Gasteiger partial charge on any atom is 0.254 e. The number of nitrogens with one attached hydrogen (secondary N) is 1. The first-order chi connectivity index (χ1) is 13.2. The fraction of sp³-hybridized carbons (Fsp3) is 0.211. The van der Waals surface area contributed by atoms with Gasteiger partial charge in [-0.1, -0.05) is 12.1 Å². The highest BCUT2D eigenvalue weighted by atomic mass is 32.1. The molecule has 0 aliphatic carbocycles. The number of anilines is 2. The lowest BCUT2D eigenvalue weighted by Crippen LogP contribution is -2.40. The maximum atomic E-state index is 12.6. The summed E-state index contributed by atoms with van der Waals surface area (Å²) in [5.41, 5.74) is 2.19. The molecule has 0 bridgehead atoms. The van der Waals surface area contributed by atoms with E-state index in [-0.39, 0.29) is 5.91 Å². The number of nitrogens with zero attached hydrogens (tertiary/aromatic N) is 3. The van der Waals surface area contributed by atoms with Crippen LogP contribution in [0.15, 0.2) is 48.7 Å². The Hall–Kier alpha value is -2.71. The molecule has 0 unspecified atom stereocenters. The molecule has 2 aromatic heterocycles.